The maximum absolute atomic E-state index is 12.0. The number of amides is 2. The van der Waals surface area contributed by atoms with Gasteiger partial charge in [-0.2, -0.15) is 0 Å². The van der Waals surface area contributed by atoms with Gasteiger partial charge in [0.1, 0.15) is 0 Å². The second-order valence-electron chi connectivity index (χ2n) is 5.89. The minimum atomic E-state index is -0.502. The smallest absolute Gasteiger partial charge is 0.317 e. The third kappa shape index (κ3) is 3.31. The van der Waals surface area contributed by atoms with Gasteiger partial charge in [-0.3, -0.25) is 0 Å². The van der Waals surface area contributed by atoms with E-state index in [-0.39, 0.29) is 11.4 Å². The van der Waals surface area contributed by atoms with E-state index in [0.717, 1.165) is 12.8 Å². The number of nitrogens with one attached hydrogen (secondary N) is 1. The third-order valence-electron chi connectivity index (χ3n) is 4.16. The molecule has 0 heterocycles. The van der Waals surface area contributed by atoms with Crippen LogP contribution in [0.1, 0.15) is 31.7 Å². The van der Waals surface area contributed by atoms with E-state index in [2.05, 4.69) is 29.6 Å². The minimum Gasteiger partial charge on any atom is -0.392 e. The molecule has 0 saturated heterocycles. The van der Waals surface area contributed by atoms with Crippen molar-refractivity contribution >= 4 is 6.03 Å². The highest BCUT2D eigenvalue weighted by molar-refractivity contribution is 5.74. The molecule has 1 atom stereocenters. The highest BCUT2D eigenvalue weighted by Gasteiger charge is 2.38. The molecule has 1 aromatic carbocycles. The van der Waals surface area contributed by atoms with Crippen LogP contribution < -0.4 is 5.32 Å². The van der Waals surface area contributed by atoms with Gasteiger partial charge in [-0.1, -0.05) is 36.8 Å². The van der Waals surface area contributed by atoms with Crippen LogP contribution in [0.15, 0.2) is 30.3 Å². The van der Waals surface area contributed by atoms with E-state index in [1.807, 2.05) is 6.07 Å². The number of benzene rings is 1. The first-order chi connectivity index (χ1) is 9.53. The van der Waals surface area contributed by atoms with Crippen LogP contribution in [0.5, 0.6) is 0 Å². The van der Waals surface area contributed by atoms with Gasteiger partial charge < -0.3 is 15.3 Å². The Balaban J connectivity index is 1.93. The molecule has 1 aliphatic rings. The predicted molar refractivity (Wildman–Crippen MR) is 79.7 cm³/mol. The highest BCUT2D eigenvalue weighted by Crippen LogP contribution is 2.43. The third-order valence-corrected chi connectivity index (χ3v) is 4.16. The molecule has 2 rings (SSSR count). The van der Waals surface area contributed by atoms with Crippen molar-refractivity contribution < 1.29 is 9.90 Å². The molecule has 1 aromatic rings. The fourth-order valence-corrected chi connectivity index (χ4v) is 2.82. The number of urea groups is 1. The summed E-state index contributed by atoms with van der Waals surface area (Å²) in [5.74, 6) is 0. The zero-order valence-electron chi connectivity index (χ0n) is 12.3. The van der Waals surface area contributed by atoms with Gasteiger partial charge in [0, 0.05) is 25.6 Å². The van der Waals surface area contributed by atoms with Crippen LogP contribution in [-0.2, 0) is 5.41 Å². The Morgan fingerprint density at radius 2 is 2.05 bits per heavy atom. The fourth-order valence-electron chi connectivity index (χ4n) is 2.82. The Labute approximate surface area is 120 Å². The predicted octanol–water partition coefficient (Wildman–Crippen LogP) is 2.13. The maximum Gasteiger partial charge on any atom is 0.317 e. The van der Waals surface area contributed by atoms with E-state index in [1.54, 1.807) is 14.0 Å². The molecule has 110 valence electrons. The molecule has 0 spiro atoms. The first-order valence-electron chi connectivity index (χ1n) is 7.26. The number of nitrogens with zero attached hydrogens (tertiary/aromatic N) is 1. The topological polar surface area (TPSA) is 52.6 Å². The SMILES string of the molecule is CC(O)CN(C)C(=O)NCC1(c2ccccc2)CCC1. The quantitative estimate of drug-likeness (QED) is 0.865. The Morgan fingerprint density at radius 3 is 2.55 bits per heavy atom. The summed E-state index contributed by atoms with van der Waals surface area (Å²) in [4.78, 5) is 13.5. The molecule has 1 saturated carbocycles. The van der Waals surface area contributed by atoms with E-state index >= 15 is 0 Å². The van der Waals surface area contributed by atoms with Crippen LogP contribution in [0.4, 0.5) is 4.79 Å². The number of hydrogen-bond donors (Lipinski definition) is 2. The molecule has 2 amide bonds. The summed E-state index contributed by atoms with van der Waals surface area (Å²) in [6, 6.07) is 10.3. The van der Waals surface area contributed by atoms with Gasteiger partial charge in [0.2, 0.25) is 0 Å². The van der Waals surface area contributed by atoms with Gasteiger partial charge in [-0.25, -0.2) is 4.79 Å². The van der Waals surface area contributed by atoms with E-state index in [9.17, 15) is 9.90 Å². The Kier molecular flexibility index (Phi) is 4.65. The molecule has 20 heavy (non-hydrogen) atoms. The standard InChI is InChI=1S/C16H24N2O2/c1-13(19)11-18(2)15(20)17-12-16(9-6-10-16)14-7-4-3-5-8-14/h3-5,7-8,13,19H,6,9-12H2,1-2H3,(H,17,20). The van der Waals surface area contributed by atoms with Crippen LogP contribution in [0.25, 0.3) is 0 Å². The number of aliphatic hydroxyl groups excluding tert-OH is 1. The van der Waals surface area contributed by atoms with Gasteiger partial charge in [-0.15, -0.1) is 0 Å². The molecular weight excluding hydrogens is 252 g/mol. The van der Waals surface area contributed by atoms with Crippen molar-refractivity contribution in [2.45, 2.75) is 37.7 Å². The van der Waals surface area contributed by atoms with Gasteiger partial charge >= 0.3 is 6.03 Å². The Hall–Kier alpha value is -1.55. The van der Waals surface area contributed by atoms with Gasteiger partial charge in [-0.05, 0) is 25.3 Å². The second-order valence-corrected chi connectivity index (χ2v) is 5.89. The van der Waals surface area contributed by atoms with Crippen molar-refractivity contribution in [3.63, 3.8) is 0 Å². The first-order valence-corrected chi connectivity index (χ1v) is 7.26. The fraction of sp³-hybridized carbons (Fsp3) is 0.562. The highest BCUT2D eigenvalue weighted by atomic mass is 16.3. The van der Waals surface area contributed by atoms with E-state index in [4.69, 9.17) is 0 Å². The lowest BCUT2D eigenvalue weighted by molar-refractivity contribution is 0.140. The molecule has 1 aliphatic carbocycles. The van der Waals surface area contributed by atoms with Crippen LogP contribution in [-0.4, -0.2) is 42.3 Å². The minimum absolute atomic E-state index is 0.0998. The largest absolute Gasteiger partial charge is 0.392 e. The summed E-state index contributed by atoms with van der Waals surface area (Å²) in [5, 5.41) is 12.3. The normalized spacial score (nSPS) is 17.9. The zero-order valence-corrected chi connectivity index (χ0v) is 12.3. The average Bonchev–Trinajstić information content (AvgIpc) is 2.37. The van der Waals surface area contributed by atoms with Crippen molar-refractivity contribution in [3.05, 3.63) is 35.9 Å². The lowest BCUT2D eigenvalue weighted by Gasteiger charge is -2.43. The van der Waals surface area contributed by atoms with Crippen LogP contribution in [0, 0.1) is 0 Å². The molecule has 4 heteroatoms. The molecule has 0 aromatic heterocycles. The molecule has 2 N–H and O–H groups in total. The lowest BCUT2D eigenvalue weighted by Crippen LogP contribution is -2.49. The number of aliphatic hydroxyl groups is 1. The van der Waals surface area contributed by atoms with Gasteiger partial charge in [0.25, 0.3) is 0 Å². The molecule has 1 fully saturated rings. The molecule has 1 unspecified atom stereocenters. The summed E-state index contributed by atoms with van der Waals surface area (Å²) in [6.07, 6.45) is 2.96. The maximum atomic E-state index is 12.0. The van der Waals surface area contributed by atoms with Gasteiger partial charge in [0.15, 0.2) is 0 Å². The Morgan fingerprint density at radius 1 is 1.40 bits per heavy atom. The Bertz CT molecular complexity index is 441. The average molecular weight is 276 g/mol. The lowest BCUT2D eigenvalue weighted by atomic mass is 9.64. The number of rotatable bonds is 5. The van der Waals surface area contributed by atoms with Crippen molar-refractivity contribution in [2.75, 3.05) is 20.1 Å². The number of carbonyl (C=O) groups is 1. The summed E-state index contributed by atoms with van der Waals surface area (Å²) in [5.41, 5.74) is 1.41. The zero-order chi connectivity index (χ0) is 14.6. The monoisotopic (exact) mass is 276 g/mol. The van der Waals surface area contributed by atoms with E-state index < -0.39 is 6.10 Å². The van der Waals surface area contributed by atoms with Crippen molar-refractivity contribution in [1.82, 2.24) is 10.2 Å². The summed E-state index contributed by atoms with van der Waals surface area (Å²) >= 11 is 0. The summed E-state index contributed by atoms with van der Waals surface area (Å²) < 4.78 is 0. The molecule has 0 bridgehead atoms. The number of hydrogen-bond acceptors (Lipinski definition) is 2. The number of likely N-dealkylation sites (N-methyl/N-ethyl adjacent to an activating group) is 1. The van der Waals surface area contributed by atoms with E-state index in [1.165, 1.54) is 16.9 Å². The molecule has 4 nitrogen and oxygen atoms in total. The van der Waals surface area contributed by atoms with Crippen molar-refractivity contribution in [3.8, 4) is 0 Å². The van der Waals surface area contributed by atoms with Crippen LogP contribution in [0.3, 0.4) is 0 Å². The van der Waals surface area contributed by atoms with Crippen molar-refractivity contribution in [2.24, 2.45) is 0 Å². The van der Waals surface area contributed by atoms with Crippen LogP contribution in [0.2, 0.25) is 0 Å². The van der Waals surface area contributed by atoms with Gasteiger partial charge in [0.05, 0.1) is 6.10 Å². The molecule has 0 aliphatic heterocycles. The van der Waals surface area contributed by atoms with Crippen molar-refractivity contribution in [1.29, 1.82) is 0 Å². The number of carbonyl (C=O) groups excluding carboxylic acids is 1. The first kappa shape index (κ1) is 14.9. The molecular formula is C16H24N2O2. The van der Waals surface area contributed by atoms with Crippen LogP contribution >= 0.6 is 0 Å². The second kappa shape index (κ2) is 6.27. The molecule has 0 radical (unpaired) electrons. The summed E-state index contributed by atoms with van der Waals surface area (Å²) in [6.45, 7) is 2.70. The summed E-state index contributed by atoms with van der Waals surface area (Å²) in [7, 11) is 1.71. The van der Waals surface area contributed by atoms with E-state index in [0.29, 0.717) is 13.1 Å².